The van der Waals surface area contributed by atoms with Crippen molar-refractivity contribution in [3.8, 4) is 0 Å². The molecule has 0 saturated heterocycles. The summed E-state index contributed by atoms with van der Waals surface area (Å²) in [6.45, 7) is 0.852. The van der Waals surface area contributed by atoms with E-state index < -0.39 is 0 Å². The first-order valence-corrected chi connectivity index (χ1v) is 8.74. The van der Waals surface area contributed by atoms with Crippen LogP contribution in [0, 0.1) is 0 Å². The lowest BCUT2D eigenvalue weighted by molar-refractivity contribution is -0.137. The predicted molar refractivity (Wildman–Crippen MR) is 95.8 cm³/mol. The van der Waals surface area contributed by atoms with Crippen molar-refractivity contribution < 1.29 is 4.79 Å². The SMILES string of the molecule is CN(C(=O)[C@H]1Cc2ccccc2CN1C)C1Cc2ccccc2C1. The van der Waals surface area contributed by atoms with Crippen LogP contribution in [-0.4, -0.2) is 41.9 Å². The van der Waals surface area contributed by atoms with Crippen LogP contribution < -0.4 is 0 Å². The van der Waals surface area contributed by atoms with Crippen LogP contribution in [0.15, 0.2) is 48.5 Å². The monoisotopic (exact) mass is 320 g/mol. The summed E-state index contributed by atoms with van der Waals surface area (Å²) in [5, 5.41) is 0. The second kappa shape index (κ2) is 6.06. The summed E-state index contributed by atoms with van der Waals surface area (Å²) in [4.78, 5) is 17.3. The van der Waals surface area contributed by atoms with E-state index >= 15 is 0 Å². The molecule has 0 bridgehead atoms. The minimum atomic E-state index is -0.0476. The quantitative estimate of drug-likeness (QED) is 0.849. The first-order chi connectivity index (χ1) is 11.6. The molecule has 1 aliphatic heterocycles. The molecule has 1 heterocycles. The zero-order chi connectivity index (χ0) is 16.7. The van der Waals surface area contributed by atoms with E-state index in [4.69, 9.17) is 0 Å². The molecule has 1 atom stereocenters. The van der Waals surface area contributed by atoms with E-state index in [1.165, 1.54) is 22.3 Å². The largest absolute Gasteiger partial charge is 0.341 e. The second-order valence-electron chi connectivity index (χ2n) is 7.18. The highest BCUT2D eigenvalue weighted by Gasteiger charge is 2.35. The standard InChI is InChI=1S/C21H24N2O/c1-22-14-18-10-6-5-9-17(18)13-20(22)21(24)23(2)19-11-15-7-3-4-8-16(15)12-19/h3-10,19-20H,11-14H2,1-2H3/t20-/m1/s1. The first-order valence-electron chi connectivity index (χ1n) is 8.74. The van der Waals surface area contributed by atoms with E-state index in [1.54, 1.807) is 0 Å². The van der Waals surface area contributed by atoms with E-state index in [9.17, 15) is 4.79 Å². The molecule has 1 aliphatic carbocycles. The highest BCUT2D eigenvalue weighted by molar-refractivity contribution is 5.83. The number of carbonyl (C=O) groups excluding carboxylic acids is 1. The van der Waals surface area contributed by atoms with Crippen LogP contribution in [0.2, 0.25) is 0 Å². The Morgan fingerprint density at radius 3 is 2.00 bits per heavy atom. The smallest absolute Gasteiger partial charge is 0.240 e. The van der Waals surface area contributed by atoms with Gasteiger partial charge in [0, 0.05) is 19.6 Å². The molecule has 2 aromatic rings. The molecular weight excluding hydrogens is 296 g/mol. The van der Waals surface area contributed by atoms with Crippen molar-refractivity contribution >= 4 is 5.91 Å². The normalized spacial score (nSPS) is 20.5. The molecule has 0 fully saturated rings. The maximum absolute atomic E-state index is 13.1. The maximum Gasteiger partial charge on any atom is 0.240 e. The van der Waals surface area contributed by atoms with Gasteiger partial charge >= 0.3 is 0 Å². The van der Waals surface area contributed by atoms with E-state index in [2.05, 4.69) is 60.5 Å². The molecule has 3 nitrogen and oxygen atoms in total. The summed E-state index contributed by atoms with van der Waals surface area (Å²) < 4.78 is 0. The van der Waals surface area contributed by atoms with Crippen molar-refractivity contribution in [3.63, 3.8) is 0 Å². The zero-order valence-corrected chi connectivity index (χ0v) is 14.4. The summed E-state index contributed by atoms with van der Waals surface area (Å²) in [6, 6.07) is 17.3. The number of amides is 1. The van der Waals surface area contributed by atoms with Crippen molar-refractivity contribution in [3.05, 3.63) is 70.8 Å². The first kappa shape index (κ1) is 15.4. The molecule has 4 rings (SSSR count). The Hall–Kier alpha value is -2.13. The molecule has 1 amide bonds. The Bertz CT molecular complexity index is 745. The van der Waals surface area contributed by atoms with E-state index in [0.29, 0.717) is 6.04 Å². The lowest BCUT2D eigenvalue weighted by atomic mass is 9.93. The van der Waals surface area contributed by atoms with Crippen LogP contribution in [-0.2, 0) is 30.6 Å². The van der Waals surface area contributed by atoms with Gasteiger partial charge in [0.25, 0.3) is 0 Å². The fraction of sp³-hybridized carbons (Fsp3) is 0.381. The van der Waals surface area contributed by atoms with Gasteiger partial charge in [-0.05, 0) is 48.6 Å². The maximum atomic E-state index is 13.1. The third kappa shape index (κ3) is 2.63. The van der Waals surface area contributed by atoms with Crippen molar-refractivity contribution in [2.45, 2.75) is 37.9 Å². The average molecular weight is 320 g/mol. The minimum Gasteiger partial charge on any atom is -0.341 e. The van der Waals surface area contributed by atoms with Gasteiger partial charge in [0.2, 0.25) is 5.91 Å². The Labute approximate surface area is 143 Å². The van der Waals surface area contributed by atoms with Gasteiger partial charge < -0.3 is 4.90 Å². The second-order valence-corrected chi connectivity index (χ2v) is 7.18. The average Bonchev–Trinajstić information content (AvgIpc) is 3.04. The van der Waals surface area contributed by atoms with Crippen LogP contribution in [0.1, 0.15) is 22.3 Å². The highest BCUT2D eigenvalue weighted by Crippen LogP contribution is 2.27. The van der Waals surface area contributed by atoms with Gasteiger partial charge in [0.05, 0.1) is 6.04 Å². The molecule has 124 valence electrons. The molecule has 0 N–H and O–H groups in total. The Morgan fingerprint density at radius 2 is 1.42 bits per heavy atom. The molecule has 3 heteroatoms. The topological polar surface area (TPSA) is 23.6 Å². The third-order valence-corrected chi connectivity index (χ3v) is 5.69. The number of benzene rings is 2. The third-order valence-electron chi connectivity index (χ3n) is 5.69. The highest BCUT2D eigenvalue weighted by atomic mass is 16.2. The van der Waals surface area contributed by atoms with Gasteiger partial charge in [-0.15, -0.1) is 0 Å². The Balaban J connectivity index is 1.50. The lowest BCUT2D eigenvalue weighted by Crippen LogP contribution is -2.51. The molecule has 24 heavy (non-hydrogen) atoms. The molecule has 2 aromatic carbocycles. The lowest BCUT2D eigenvalue weighted by Gasteiger charge is -2.37. The van der Waals surface area contributed by atoms with Gasteiger partial charge in [-0.25, -0.2) is 0 Å². The van der Waals surface area contributed by atoms with Crippen molar-refractivity contribution in [1.82, 2.24) is 9.80 Å². The summed E-state index contributed by atoms with van der Waals surface area (Å²) in [5.74, 6) is 0.254. The number of carbonyl (C=O) groups is 1. The molecule has 0 spiro atoms. The van der Waals surface area contributed by atoms with Crippen LogP contribution in [0.25, 0.3) is 0 Å². The molecular formula is C21H24N2O. The van der Waals surface area contributed by atoms with Gasteiger partial charge in [0.1, 0.15) is 0 Å². The zero-order valence-electron chi connectivity index (χ0n) is 14.4. The number of rotatable bonds is 2. The van der Waals surface area contributed by atoms with Gasteiger partial charge in [0.15, 0.2) is 0 Å². The predicted octanol–water partition coefficient (Wildman–Crippen LogP) is 2.67. The van der Waals surface area contributed by atoms with Crippen LogP contribution in [0.5, 0.6) is 0 Å². The molecule has 0 saturated carbocycles. The summed E-state index contributed by atoms with van der Waals surface area (Å²) in [5.41, 5.74) is 5.45. The number of hydrogen-bond acceptors (Lipinski definition) is 2. The summed E-state index contributed by atoms with van der Waals surface area (Å²) in [7, 11) is 4.04. The Kier molecular flexibility index (Phi) is 3.89. The molecule has 2 aliphatic rings. The van der Waals surface area contributed by atoms with E-state index in [1.807, 2.05) is 11.9 Å². The number of fused-ring (bicyclic) bond motifs is 2. The van der Waals surface area contributed by atoms with Crippen LogP contribution in [0.4, 0.5) is 0 Å². The summed E-state index contributed by atoms with van der Waals surface area (Å²) >= 11 is 0. The minimum absolute atomic E-state index is 0.0476. The van der Waals surface area contributed by atoms with Gasteiger partial charge in [-0.3, -0.25) is 9.69 Å². The fourth-order valence-electron chi connectivity index (χ4n) is 4.15. The van der Waals surface area contributed by atoms with E-state index in [-0.39, 0.29) is 11.9 Å². The van der Waals surface area contributed by atoms with Crippen LogP contribution in [0.3, 0.4) is 0 Å². The van der Waals surface area contributed by atoms with Gasteiger partial charge in [-0.1, -0.05) is 48.5 Å². The number of likely N-dealkylation sites (N-methyl/N-ethyl adjacent to an activating group) is 2. The molecule has 0 aromatic heterocycles. The summed E-state index contributed by atoms with van der Waals surface area (Å²) in [6.07, 6.45) is 2.77. The van der Waals surface area contributed by atoms with Crippen molar-refractivity contribution in [2.24, 2.45) is 0 Å². The molecule has 0 radical (unpaired) electrons. The molecule has 0 unspecified atom stereocenters. The van der Waals surface area contributed by atoms with Crippen LogP contribution >= 0.6 is 0 Å². The van der Waals surface area contributed by atoms with Crippen molar-refractivity contribution in [2.75, 3.05) is 14.1 Å². The number of hydrogen-bond donors (Lipinski definition) is 0. The van der Waals surface area contributed by atoms with Crippen molar-refractivity contribution in [1.29, 1.82) is 0 Å². The number of nitrogens with zero attached hydrogens (tertiary/aromatic N) is 2. The van der Waals surface area contributed by atoms with Gasteiger partial charge in [-0.2, -0.15) is 0 Å². The Morgan fingerprint density at radius 1 is 0.917 bits per heavy atom. The fourth-order valence-corrected chi connectivity index (χ4v) is 4.15. The van der Waals surface area contributed by atoms with E-state index in [0.717, 1.165) is 25.8 Å².